The number of benzene rings is 1. The van der Waals surface area contributed by atoms with Crippen molar-refractivity contribution in [2.24, 2.45) is 0 Å². The smallest absolute Gasteiger partial charge is 0.0438 e. The van der Waals surface area contributed by atoms with Crippen LogP contribution in [0.4, 0.5) is 0 Å². The van der Waals surface area contributed by atoms with Crippen molar-refractivity contribution in [1.82, 2.24) is 4.90 Å². The van der Waals surface area contributed by atoms with Crippen LogP contribution >= 0.6 is 11.6 Å². The molecule has 0 aliphatic carbocycles. The Morgan fingerprint density at radius 1 is 1.28 bits per heavy atom. The fourth-order valence-electron chi connectivity index (χ4n) is 2.66. The van der Waals surface area contributed by atoms with Gasteiger partial charge in [-0.15, -0.1) is 0 Å². The van der Waals surface area contributed by atoms with Gasteiger partial charge < -0.3 is 0 Å². The lowest BCUT2D eigenvalue weighted by Gasteiger charge is -2.32. The minimum Gasteiger partial charge on any atom is -0.296 e. The minimum absolute atomic E-state index is 0.625. The van der Waals surface area contributed by atoms with Gasteiger partial charge in [0.2, 0.25) is 0 Å². The Morgan fingerprint density at radius 2 is 2.11 bits per heavy atom. The van der Waals surface area contributed by atoms with E-state index in [0.29, 0.717) is 6.04 Å². The lowest BCUT2D eigenvalue weighted by atomic mass is 9.99. The molecule has 1 unspecified atom stereocenters. The average Bonchev–Trinajstić information content (AvgIpc) is 2.42. The van der Waals surface area contributed by atoms with Crippen LogP contribution in [0.3, 0.4) is 0 Å². The maximum Gasteiger partial charge on any atom is 0.0438 e. The van der Waals surface area contributed by atoms with Gasteiger partial charge in [-0.3, -0.25) is 4.90 Å². The van der Waals surface area contributed by atoms with Crippen LogP contribution in [0.2, 0.25) is 5.02 Å². The van der Waals surface area contributed by atoms with Gasteiger partial charge in [0, 0.05) is 24.2 Å². The first-order chi connectivity index (χ1) is 8.81. The Morgan fingerprint density at radius 3 is 2.78 bits per heavy atom. The van der Waals surface area contributed by atoms with E-state index in [1.54, 1.807) is 0 Å². The van der Waals surface area contributed by atoms with Crippen LogP contribution in [-0.4, -0.2) is 24.0 Å². The van der Waals surface area contributed by atoms with Crippen molar-refractivity contribution in [2.45, 2.75) is 38.6 Å². The van der Waals surface area contributed by atoms with E-state index in [9.17, 15) is 0 Å². The van der Waals surface area contributed by atoms with Gasteiger partial charge in [0.1, 0.15) is 0 Å². The predicted octanol–water partition coefficient (Wildman–Crippen LogP) is 4.31. The van der Waals surface area contributed by atoms with E-state index in [-0.39, 0.29) is 0 Å². The van der Waals surface area contributed by atoms with Gasteiger partial charge in [-0.25, -0.2) is 0 Å². The summed E-state index contributed by atoms with van der Waals surface area (Å²) in [6.45, 7) is 4.54. The van der Waals surface area contributed by atoms with Crippen molar-refractivity contribution < 1.29 is 0 Å². The van der Waals surface area contributed by atoms with Gasteiger partial charge in [0.25, 0.3) is 0 Å². The van der Waals surface area contributed by atoms with Gasteiger partial charge in [-0.05, 0) is 30.9 Å². The van der Waals surface area contributed by atoms with Crippen LogP contribution in [0.1, 0.15) is 31.7 Å². The molecule has 1 atom stereocenters. The summed E-state index contributed by atoms with van der Waals surface area (Å²) in [5, 5.41) is 0.908. The largest absolute Gasteiger partial charge is 0.296 e. The maximum atomic E-state index is 6.27. The number of nitrogens with zero attached hydrogens (tertiary/aromatic N) is 1. The molecule has 1 nitrogen and oxygen atoms in total. The molecule has 0 saturated heterocycles. The second kappa shape index (κ2) is 6.96. The van der Waals surface area contributed by atoms with Crippen LogP contribution in [0.15, 0.2) is 36.4 Å². The van der Waals surface area contributed by atoms with Crippen LogP contribution in [0.5, 0.6) is 0 Å². The van der Waals surface area contributed by atoms with Crippen molar-refractivity contribution in [2.75, 3.05) is 13.1 Å². The molecule has 0 aromatic heterocycles. The van der Waals surface area contributed by atoms with Gasteiger partial charge >= 0.3 is 0 Å². The summed E-state index contributed by atoms with van der Waals surface area (Å²) in [7, 11) is 0. The first-order valence-electron chi connectivity index (χ1n) is 6.93. The Labute approximate surface area is 115 Å². The Bertz CT molecular complexity index is 400. The summed E-state index contributed by atoms with van der Waals surface area (Å²) < 4.78 is 0. The number of hydrogen-bond acceptors (Lipinski definition) is 1. The first kappa shape index (κ1) is 13.6. The molecule has 2 heteroatoms. The maximum absolute atomic E-state index is 6.27. The highest BCUT2D eigenvalue weighted by molar-refractivity contribution is 6.31. The molecule has 0 amide bonds. The monoisotopic (exact) mass is 263 g/mol. The molecule has 2 rings (SSSR count). The molecular weight excluding hydrogens is 242 g/mol. The summed E-state index contributed by atoms with van der Waals surface area (Å²) in [5.74, 6) is 0. The summed E-state index contributed by atoms with van der Waals surface area (Å²) in [6, 6.07) is 8.87. The van der Waals surface area contributed by atoms with Gasteiger partial charge in [0.15, 0.2) is 0 Å². The third kappa shape index (κ3) is 3.60. The minimum atomic E-state index is 0.625. The molecule has 0 bridgehead atoms. The van der Waals surface area contributed by atoms with Crippen molar-refractivity contribution in [3.8, 4) is 0 Å². The molecule has 18 heavy (non-hydrogen) atoms. The van der Waals surface area contributed by atoms with E-state index >= 15 is 0 Å². The molecule has 1 heterocycles. The van der Waals surface area contributed by atoms with Crippen molar-refractivity contribution >= 4 is 11.6 Å². The van der Waals surface area contributed by atoms with Crippen LogP contribution in [0.25, 0.3) is 0 Å². The Kier molecular flexibility index (Phi) is 5.27. The van der Waals surface area contributed by atoms with Crippen LogP contribution in [-0.2, 0) is 6.42 Å². The lowest BCUT2D eigenvalue weighted by molar-refractivity contribution is 0.201. The fourth-order valence-corrected chi connectivity index (χ4v) is 2.87. The van der Waals surface area contributed by atoms with Crippen LogP contribution < -0.4 is 0 Å². The highest BCUT2D eigenvalue weighted by atomic mass is 35.5. The highest BCUT2D eigenvalue weighted by Gasteiger charge is 2.19. The summed E-state index contributed by atoms with van der Waals surface area (Å²) in [5.41, 5.74) is 1.28. The molecule has 1 aliphatic rings. The van der Waals surface area contributed by atoms with Crippen molar-refractivity contribution in [1.29, 1.82) is 0 Å². The summed E-state index contributed by atoms with van der Waals surface area (Å²) >= 11 is 6.27. The zero-order valence-corrected chi connectivity index (χ0v) is 11.9. The fraction of sp³-hybridized carbons (Fsp3) is 0.500. The number of rotatable bonds is 5. The predicted molar refractivity (Wildman–Crippen MR) is 79.2 cm³/mol. The molecule has 0 saturated carbocycles. The third-order valence-corrected chi connectivity index (χ3v) is 4.01. The average molecular weight is 264 g/mol. The molecule has 0 N–H and O–H groups in total. The van der Waals surface area contributed by atoms with Crippen LogP contribution in [0, 0.1) is 0 Å². The van der Waals surface area contributed by atoms with E-state index in [1.165, 1.54) is 31.4 Å². The number of halogens is 1. The third-order valence-electron chi connectivity index (χ3n) is 3.64. The molecular formula is C16H22ClN. The van der Waals surface area contributed by atoms with E-state index in [4.69, 9.17) is 11.6 Å². The summed E-state index contributed by atoms with van der Waals surface area (Å²) in [6.07, 6.45) is 9.31. The Hall–Kier alpha value is -0.790. The van der Waals surface area contributed by atoms with E-state index < -0.39 is 0 Å². The molecule has 98 valence electrons. The molecule has 0 spiro atoms. The van der Waals surface area contributed by atoms with E-state index in [0.717, 1.165) is 18.0 Å². The quantitative estimate of drug-likeness (QED) is 0.716. The standard InChI is InChI=1S/C16H22ClN/c1-2-8-15(18-11-6-3-7-12-18)13-14-9-4-5-10-16(14)17/h3-6,9-10,15H,2,7-8,11-13H2,1H3. The van der Waals surface area contributed by atoms with Gasteiger partial charge in [0.05, 0.1) is 0 Å². The Balaban J connectivity index is 2.06. The number of hydrogen-bond donors (Lipinski definition) is 0. The SMILES string of the molecule is CCCC(Cc1ccccc1Cl)N1CC=CCC1. The lowest BCUT2D eigenvalue weighted by Crippen LogP contribution is -2.39. The first-order valence-corrected chi connectivity index (χ1v) is 7.31. The normalized spacial score (nSPS) is 17.9. The molecule has 0 fully saturated rings. The zero-order chi connectivity index (χ0) is 12.8. The second-order valence-electron chi connectivity index (χ2n) is 4.99. The highest BCUT2D eigenvalue weighted by Crippen LogP contribution is 2.21. The summed E-state index contributed by atoms with van der Waals surface area (Å²) in [4.78, 5) is 2.59. The topological polar surface area (TPSA) is 3.24 Å². The second-order valence-corrected chi connectivity index (χ2v) is 5.40. The van der Waals surface area contributed by atoms with Gasteiger partial charge in [-0.2, -0.15) is 0 Å². The van der Waals surface area contributed by atoms with Crippen molar-refractivity contribution in [3.05, 3.63) is 47.0 Å². The van der Waals surface area contributed by atoms with E-state index in [1.807, 2.05) is 12.1 Å². The molecule has 1 aromatic rings. The van der Waals surface area contributed by atoms with Gasteiger partial charge in [-0.1, -0.05) is 55.3 Å². The zero-order valence-electron chi connectivity index (χ0n) is 11.1. The molecule has 1 aromatic carbocycles. The molecule has 0 radical (unpaired) electrons. The molecule has 1 aliphatic heterocycles. The van der Waals surface area contributed by atoms with E-state index in [2.05, 4.69) is 36.1 Å². The van der Waals surface area contributed by atoms with Crippen molar-refractivity contribution in [3.63, 3.8) is 0 Å².